The number of carbonyl (C=O) groups is 1. The van der Waals surface area contributed by atoms with Gasteiger partial charge < -0.3 is 15.8 Å². The Labute approximate surface area is 121 Å². The second kappa shape index (κ2) is 6.17. The molecule has 0 aliphatic carbocycles. The molecule has 7 heteroatoms. The lowest BCUT2D eigenvalue weighted by Crippen LogP contribution is -2.10. The number of aryl methyl sites for hydroxylation is 1. The summed E-state index contributed by atoms with van der Waals surface area (Å²) in [4.78, 5) is 19.7. The number of hydrogen-bond donors (Lipinski definition) is 2. The number of halogens is 1. The van der Waals surface area contributed by atoms with Crippen molar-refractivity contribution in [1.82, 2.24) is 9.97 Å². The van der Waals surface area contributed by atoms with Crippen LogP contribution in [0.1, 0.15) is 21.9 Å². The summed E-state index contributed by atoms with van der Waals surface area (Å²) in [5, 5.41) is 2.87. The van der Waals surface area contributed by atoms with Crippen LogP contribution in [-0.4, -0.2) is 23.0 Å². The summed E-state index contributed by atoms with van der Waals surface area (Å²) in [6.45, 7) is 2.06. The summed E-state index contributed by atoms with van der Waals surface area (Å²) >= 11 is 0. The lowest BCUT2D eigenvalue weighted by Gasteiger charge is -2.11. The molecule has 1 heterocycles. The molecule has 0 amide bonds. The van der Waals surface area contributed by atoms with Crippen molar-refractivity contribution in [3.63, 3.8) is 0 Å². The van der Waals surface area contributed by atoms with E-state index in [0.29, 0.717) is 18.1 Å². The monoisotopic (exact) mass is 290 g/mol. The highest BCUT2D eigenvalue weighted by atomic mass is 19.1. The van der Waals surface area contributed by atoms with E-state index in [4.69, 9.17) is 5.73 Å². The normalized spacial score (nSPS) is 10.2. The molecule has 2 rings (SSSR count). The predicted octanol–water partition coefficient (Wildman–Crippen LogP) is 1.91. The first-order chi connectivity index (χ1) is 10.0. The molecule has 3 N–H and O–H groups in total. The van der Waals surface area contributed by atoms with E-state index in [2.05, 4.69) is 20.0 Å². The molecule has 1 aromatic carbocycles. The number of nitrogens with zero attached hydrogens (tertiary/aromatic N) is 2. The van der Waals surface area contributed by atoms with Crippen molar-refractivity contribution in [3.05, 3.63) is 47.3 Å². The number of ether oxygens (including phenoxy) is 1. The van der Waals surface area contributed by atoms with Gasteiger partial charge in [-0.15, -0.1) is 0 Å². The summed E-state index contributed by atoms with van der Waals surface area (Å²) < 4.78 is 18.5. The second-order valence-electron chi connectivity index (χ2n) is 4.36. The van der Waals surface area contributed by atoms with E-state index in [9.17, 15) is 9.18 Å². The number of rotatable bonds is 4. The number of esters is 1. The molecule has 110 valence electrons. The molecule has 6 nitrogen and oxygen atoms in total. The van der Waals surface area contributed by atoms with Gasteiger partial charge in [-0.05, 0) is 25.1 Å². The van der Waals surface area contributed by atoms with E-state index in [1.165, 1.54) is 13.2 Å². The van der Waals surface area contributed by atoms with E-state index in [1.807, 2.05) is 0 Å². The van der Waals surface area contributed by atoms with Crippen molar-refractivity contribution in [3.8, 4) is 0 Å². The predicted molar refractivity (Wildman–Crippen MR) is 76.2 cm³/mol. The molecule has 21 heavy (non-hydrogen) atoms. The number of benzene rings is 1. The number of carbonyl (C=O) groups excluding carboxylic acids is 1. The Balaban J connectivity index is 2.21. The van der Waals surface area contributed by atoms with Crippen LogP contribution in [0, 0.1) is 12.7 Å². The Bertz CT molecular complexity index is 676. The first-order valence-electron chi connectivity index (χ1n) is 6.21. The van der Waals surface area contributed by atoms with Crippen LogP contribution in [0.3, 0.4) is 0 Å². The van der Waals surface area contributed by atoms with E-state index in [-0.39, 0.29) is 16.9 Å². The Morgan fingerprint density at radius 2 is 2.24 bits per heavy atom. The maximum Gasteiger partial charge on any atom is 0.340 e. The third kappa shape index (κ3) is 3.44. The second-order valence-corrected chi connectivity index (χ2v) is 4.36. The van der Waals surface area contributed by atoms with Gasteiger partial charge >= 0.3 is 5.97 Å². The molecule has 0 aliphatic rings. The third-order valence-corrected chi connectivity index (χ3v) is 2.84. The smallest absolute Gasteiger partial charge is 0.340 e. The van der Waals surface area contributed by atoms with E-state index < -0.39 is 11.8 Å². The van der Waals surface area contributed by atoms with Crippen molar-refractivity contribution in [2.75, 3.05) is 18.2 Å². The fraction of sp³-hybridized carbons (Fsp3) is 0.214. The van der Waals surface area contributed by atoms with Crippen molar-refractivity contribution in [2.24, 2.45) is 0 Å². The summed E-state index contributed by atoms with van der Waals surface area (Å²) in [5.41, 5.74) is 6.61. The van der Waals surface area contributed by atoms with Gasteiger partial charge in [0.25, 0.3) is 0 Å². The minimum Gasteiger partial charge on any atom is -0.465 e. The number of aromatic nitrogens is 2. The summed E-state index contributed by atoms with van der Waals surface area (Å²) in [6, 6.07) is 4.13. The summed E-state index contributed by atoms with van der Waals surface area (Å²) in [6.07, 6.45) is 1.62. The molecule has 1 aromatic heterocycles. The van der Waals surface area contributed by atoms with Gasteiger partial charge in [-0.25, -0.2) is 19.2 Å². The average Bonchev–Trinajstić information content (AvgIpc) is 2.45. The van der Waals surface area contributed by atoms with Crippen LogP contribution in [-0.2, 0) is 11.3 Å². The molecular weight excluding hydrogens is 275 g/mol. The van der Waals surface area contributed by atoms with Gasteiger partial charge in [-0.1, -0.05) is 0 Å². The van der Waals surface area contributed by atoms with Gasteiger partial charge in [0, 0.05) is 11.9 Å². The SMILES string of the molecule is COC(=O)c1cc(NCc2ccnc(C)n2)c(F)cc1N. The highest BCUT2D eigenvalue weighted by Crippen LogP contribution is 2.23. The highest BCUT2D eigenvalue weighted by molar-refractivity contribution is 5.96. The molecule has 0 bridgehead atoms. The van der Waals surface area contributed by atoms with E-state index in [1.54, 1.807) is 19.2 Å². The van der Waals surface area contributed by atoms with Crippen LogP contribution < -0.4 is 11.1 Å². The zero-order valence-corrected chi connectivity index (χ0v) is 11.7. The zero-order chi connectivity index (χ0) is 15.4. The molecule has 0 fully saturated rings. The maximum atomic E-state index is 13.9. The number of anilines is 2. The summed E-state index contributed by atoms with van der Waals surface area (Å²) in [7, 11) is 1.24. The molecule has 0 radical (unpaired) electrons. The standard InChI is InChI=1S/C14H15FN4O2/c1-8-17-4-3-9(19-8)7-18-13-5-10(14(20)21-2)12(16)6-11(13)15/h3-6,18H,7,16H2,1-2H3. The van der Waals surface area contributed by atoms with Gasteiger partial charge in [-0.3, -0.25) is 0 Å². The molecule has 0 spiro atoms. The Kier molecular flexibility index (Phi) is 4.32. The molecule has 0 saturated heterocycles. The van der Waals surface area contributed by atoms with E-state index >= 15 is 0 Å². The maximum absolute atomic E-state index is 13.9. The average molecular weight is 290 g/mol. The van der Waals surface area contributed by atoms with Crippen LogP contribution in [0.15, 0.2) is 24.4 Å². The van der Waals surface area contributed by atoms with Crippen molar-refractivity contribution in [1.29, 1.82) is 0 Å². The van der Waals surface area contributed by atoms with Crippen LogP contribution in [0.25, 0.3) is 0 Å². The molecule has 0 unspecified atom stereocenters. The Hall–Kier alpha value is -2.70. The quantitative estimate of drug-likeness (QED) is 0.660. The minimum atomic E-state index is -0.617. The van der Waals surface area contributed by atoms with Gasteiger partial charge in [0.1, 0.15) is 11.6 Å². The summed E-state index contributed by atoms with van der Waals surface area (Å²) in [5.74, 6) is -0.540. The van der Waals surface area contributed by atoms with Crippen molar-refractivity contribution in [2.45, 2.75) is 13.5 Å². The van der Waals surface area contributed by atoms with Gasteiger partial charge in [-0.2, -0.15) is 0 Å². The van der Waals surface area contributed by atoms with Crippen molar-refractivity contribution < 1.29 is 13.9 Å². The molecule has 0 saturated carbocycles. The first kappa shape index (κ1) is 14.7. The Morgan fingerprint density at radius 3 is 2.90 bits per heavy atom. The largest absolute Gasteiger partial charge is 0.465 e. The minimum absolute atomic E-state index is 0.0304. The van der Waals surface area contributed by atoms with E-state index in [0.717, 1.165) is 6.07 Å². The van der Waals surface area contributed by atoms with Gasteiger partial charge in [0.2, 0.25) is 0 Å². The number of nitrogens with one attached hydrogen (secondary N) is 1. The molecule has 2 aromatic rings. The fourth-order valence-corrected chi connectivity index (χ4v) is 1.80. The molecule has 0 aliphatic heterocycles. The lowest BCUT2D eigenvalue weighted by atomic mass is 10.1. The lowest BCUT2D eigenvalue weighted by molar-refractivity contribution is 0.0602. The van der Waals surface area contributed by atoms with Crippen LogP contribution in [0.2, 0.25) is 0 Å². The zero-order valence-electron chi connectivity index (χ0n) is 11.7. The van der Waals surface area contributed by atoms with Gasteiger partial charge in [0.05, 0.1) is 30.6 Å². The number of nitrogens with two attached hydrogens (primary N) is 1. The van der Waals surface area contributed by atoms with Gasteiger partial charge in [0.15, 0.2) is 0 Å². The van der Waals surface area contributed by atoms with Crippen LogP contribution in [0.5, 0.6) is 0 Å². The first-order valence-corrected chi connectivity index (χ1v) is 6.21. The van der Waals surface area contributed by atoms with Crippen molar-refractivity contribution >= 4 is 17.3 Å². The third-order valence-electron chi connectivity index (χ3n) is 2.84. The number of nitrogen functional groups attached to an aromatic ring is 1. The van der Waals surface area contributed by atoms with Crippen LogP contribution in [0.4, 0.5) is 15.8 Å². The Morgan fingerprint density at radius 1 is 1.48 bits per heavy atom. The highest BCUT2D eigenvalue weighted by Gasteiger charge is 2.14. The fourth-order valence-electron chi connectivity index (χ4n) is 1.80. The van der Waals surface area contributed by atoms with Crippen LogP contribution >= 0.6 is 0 Å². The molecular formula is C14H15FN4O2. The number of methoxy groups -OCH3 is 1. The topological polar surface area (TPSA) is 90.1 Å². The number of hydrogen-bond acceptors (Lipinski definition) is 6. The molecule has 0 atom stereocenters.